The number of carbonyl (C=O) groups is 2. The zero-order chi connectivity index (χ0) is 16.1. The smallest absolute Gasteiger partial charge is 0.180 e. The van der Waals surface area contributed by atoms with Crippen molar-refractivity contribution in [2.45, 2.75) is 19.4 Å². The third-order valence-corrected chi connectivity index (χ3v) is 3.62. The van der Waals surface area contributed by atoms with Crippen LogP contribution in [-0.4, -0.2) is 29.8 Å². The van der Waals surface area contributed by atoms with Gasteiger partial charge in [-0.15, -0.1) is 0 Å². The molecule has 0 fully saturated rings. The minimum Gasteiger partial charge on any atom is -0.508 e. The molecular weight excluding hydrogens is 278 g/mol. The maximum Gasteiger partial charge on any atom is 0.180 e. The van der Waals surface area contributed by atoms with Crippen LogP contribution < -0.4 is 5.32 Å². The van der Waals surface area contributed by atoms with Crippen LogP contribution in [0.25, 0.3) is 0 Å². The van der Waals surface area contributed by atoms with Crippen LogP contribution in [0.4, 0.5) is 0 Å². The lowest BCUT2D eigenvalue weighted by molar-refractivity contribution is 0.0945. The lowest BCUT2D eigenvalue weighted by atomic mass is 9.96. The van der Waals surface area contributed by atoms with E-state index in [2.05, 4.69) is 5.32 Å². The zero-order valence-electron chi connectivity index (χ0n) is 12.7. The average molecular weight is 297 g/mol. The molecule has 0 aliphatic rings. The van der Waals surface area contributed by atoms with Crippen molar-refractivity contribution in [3.8, 4) is 5.75 Å². The van der Waals surface area contributed by atoms with Gasteiger partial charge in [0.05, 0.1) is 6.04 Å². The second-order valence-corrected chi connectivity index (χ2v) is 5.21. The van der Waals surface area contributed by atoms with Crippen molar-refractivity contribution >= 4 is 11.6 Å². The van der Waals surface area contributed by atoms with Crippen molar-refractivity contribution in [2.75, 3.05) is 7.05 Å². The van der Waals surface area contributed by atoms with Crippen molar-refractivity contribution in [3.63, 3.8) is 0 Å². The van der Waals surface area contributed by atoms with E-state index in [9.17, 15) is 14.7 Å². The Morgan fingerprint density at radius 3 is 2.05 bits per heavy atom. The number of likely N-dealkylation sites (N-methyl/N-ethyl adjacent to an activating group) is 1. The predicted molar refractivity (Wildman–Crippen MR) is 85.4 cm³/mol. The number of phenolic OH excluding ortho intramolecular Hbond substituents is 1. The zero-order valence-corrected chi connectivity index (χ0v) is 12.7. The summed E-state index contributed by atoms with van der Waals surface area (Å²) in [5.74, 6) is 0.162. The highest BCUT2D eigenvalue weighted by Crippen LogP contribution is 2.14. The largest absolute Gasteiger partial charge is 0.508 e. The molecule has 2 aromatic rings. The molecule has 4 heteroatoms. The number of hydrogen-bond acceptors (Lipinski definition) is 4. The third-order valence-electron chi connectivity index (χ3n) is 3.62. The van der Waals surface area contributed by atoms with Gasteiger partial charge in [-0.1, -0.05) is 36.4 Å². The van der Waals surface area contributed by atoms with Gasteiger partial charge in [-0.25, -0.2) is 0 Å². The molecule has 0 aromatic heterocycles. The van der Waals surface area contributed by atoms with Gasteiger partial charge in [0.2, 0.25) is 0 Å². The molecule has 0 aliphatic carbocycles. The lowest BCUT2D eigenvalue weighted by Crippen LogP contribution is -2.36. The lowest BCUT2D eigenvalue weighted by Gasteiger charge is -2.15. The van der Waals surface area contributed by atoms with Crippen molar-refractivity contribution in [1.82, 2.24) is 5.32 Å². The van der Waals surface area contributed by atoms with E-state index < -0.39 is 0 Å². The Kier molecular flexibility index (Phi) is 5.07. The summed E-state index contributed by atoms with van der Waals surface area (Å²) in [6.07, 6.45) is 0.532. The minimum atomic E-state index is -0.354. The number of rotatable bonds is 6. The summed E-state index contributed by atoms with van der Waals surface area (Å²) in [5, 5.41) is 12.3. The van der Waals surface area contributed by atoms with E-state index in [1.54, 1.807) is 55.6 Å². The van der Waals surface area contributed by atoms with Gasteiger partial charge >= 0.3 is 0 Å². The molecule has 22 heavy (non-hydrogen) atoms. The van der Waals surface area contributed by atoms with Crippen LogP contribution in [-0.2, 0) is 6.42 Å². The number of nitrogens with one attached hydrogen (secondary N) is 1. The molecule has 0 spiro atoms. The number of carbonyl (C=O) groups excluding carboxylic acids is 2. The quantitative estimate of drug-likeness (QED) is 0.804. The highest BCUT2D eigenvalue weighted by molar-refractivity contribution is 6.01. The highest BCUT2D eigenvalue weighted by Gasteiger charge is 2.19. The van der Waals surface area contributed by atoms with Crippen LogP contribution in [0, 0.1) is 0 Å². The highest BCUT2D eigenvalue weighted by atomic mass is 16.3. The van der Waals surface area contributed by atoms with E-state index in [0.29, 0.717) is 17.5 Å². The summed E-state index contributed by atoms with van der Waals surface area (Å²) >= 11 is 0. The molecule has 1 atom stereocenters. The molecule has 0 aliphatic heterocycles. The monoisotopic (exact) mass is 297 g/mol. The van der Waals surface area contributed by atoms with E-state index in [0.717, 1.165) is 5.56 Å². The number of phenols is 1. The molecule has 0 heterocycles. The molecule has 4 nitrogen and oxygen atoms in total. The number of hydrogen-bond donors (Lipinski definition) is 2. The molecule has 2 aromatic carbocycles. The van der Waals surface area contributed by atoms with Crippen molar-refractivity contribution < 1.29 is 14.7 Å². The van der Waals surface area contributed by atoms with Crippen LogP contribution in [0.5, 0.6) is 5.75 Å². The Morgan fingerprint density at radius 1 is 1.00 bits per heavy atom. The molecule has 0 saturated carbocycles. The number of benzene rings is 2. The standard InChI is InChI=1S/C18H19NO3/c1-12(20)14-5-7-15(8-6-14)18(22)17(19-2)11-13-3-9-16(21)10-4-13/h3-10,17,19,21H,11H2,1-2H3/t17-/m0/s1. The van der Waals surface area contributed by atoms with Crippen LogP contribution in [0.3, 0.4) is 0 Å². The van der Waals surface area contributed by atoms with E-state index >= 15 is 0 Å². The summed E-state index contributed by atoms with van der Waals surface area (Å²) in [6.45, 7) is 1.50. The first-order valence-corrected chi connectivity index (χ1v) is 7.11. The molecule has 2 rings (SSSR count). The minimum absolute atomic E-state index is 0.0201. The maximum atomic E-state index is 12.5. The van der Waals surface area contributed by atoms with E-state index in [1.165, 1.54) is 6.92 Å². The fourth-order valence-electron chi connectivity index (χ4n) is 2.26. The summed E-state index contributed by atoms with van der Waals surface area (Å²) in [4.78, 5) is 23.8. The summed E-state index contributed by atoms with van der Waals surface area (Å²) < 4.78 is 0. The van der Waals surface area contributed by atoms with Gasteiger partial charge < -0.3 is 10.4 Å². The SMILES string of the molecule is CN[C@@H](Cc1ccc(O)cc1)C(=O)c1ccc(C(C)=O)cc1. The van der Waals surface area contributed by atoms with Gasteiger partial charge in [-0.3, -0.25) is 9.59 Å². The van der Waals surface area contributed by atoms with E-state index in [-0.39, 0.29) is 23.4 Å². The summed E-state index contributed by atoms with van der Waals surface area (Å²) in [7, 11) is 1.74. The summed E-state index contributed by atoms with van der Waals surface area (Å²) in [6, 6.07) is 13.2. The van der Waals surface area contributed by atoms with Gasteiger partial charge in [0.15, 0.2) is 11.6 Å². The summed E-state index contributed by atoms with van der Waals surface area (Å²) in [5.41, 5.74) is 2.13. The Morgan fingerprint density at radius 2 is 1.55 bits per heavy atom. The molecule has 114 valence electrons. The van der Waals surface area contributed by atoms with Crippen LogP contribution in [0.15, 0.2) is 48.5 Å². The molecule has 0 radical (unpaired) electrons. The average Bonchev–Trinajstić information content (AvgIpc) is 2.53. The first-order valence-electron chi connectivity index (χ1n) is 7.11. The molecule has 0 saturated heterocycles. The second kappa shape index (κ2) is 7.00. The van der Waals surface area contributed by atoms with Gasteiger partial charge in [0.1, 0.15) is 5.75 Å². The van der Waals surface area contributed by atoms with Gasteiger partial charge in [-0.2, -0.15) is 0 Å². The van der Waals surface area contributed by atoms with E-state index in [4.69, 9.17) is 0 Å². The maximum absolute atomic E-state index is 12.5. The van der Waals surface area contributed by atoms with Crippen LogP contribution >= 0.6 is 0 Å². The van der Waals surface area contributed by atoms with Crippen molar-refractivity contribution in [2.24, 2.45) is 0 Å². The Balaban J connectivity index is 2.14. The number of Topliss-reactive ketones (excluding diaryl/α,β-unsaturated/α-hetero) is 2. The molecule has 0 unspecified atom stereocenters. The Bertz CT molecular complexity index is 660. The van der Waals surface area contributed by atoms with Gasteiger partial charge in [0, 0.05) is 11.1 Å². The number of ketones is 2. The molecule has 0 bridgehead atoms. The van der Waals surface area contributed by atoms with Gasteiger partial charge in [0.25, 0.3) is 0 Å². The number of aromatic hydroxyl groups is 1. The first-order chi connectivity index (χ1) is 10.5. The van der Waals surface area contributed by atoms with Crippen LogP contribution in [0.1, 0.15) is 33.2 Å². The molecule has 2 N–H and O–H groups in total. The predicted octanol–water partition coefficient (Wildman–Crippen LogP) is 2.61. The second-order valence-electron chi connectivity index (χ2n) is 5.21. The van der Waals surface area contributed by atoms with Crippen molar-refractivity contribution in [3.05, 3.63) is 65.2 Å². The molecular formula is C18H19NO3. The normalized spacial score (nSPS) is 11.9. The van der Waals surface area contributed by atoms with E-state index in [1.807, 2.05) is 0 Å². The van der Waals surface area contributed by atoms with Gasteiger partial charge in [-0.05, 0) is 38.1 Å². The fraction of sp³-hybridized carbons (Fsp3) is 0.222. The Labute approximate surface area is 129 Å². The van der Waals surface area contributed by atoms with Crippen LogP contribution in [0.2, 0.25) is 0 Å². The fourth-order valence-corrected chi connectivity index (χ4v) is 2.26. The molecule has 0 amide bonds. The first kappa shape index (κ1) is 15.9. The third kappa shape index (κ3) is 3.80. The van der Waals surface area contributed by atoms with Crippen molar-refractivity contribution in [1.29, 1.82) is 0 Å². The topological polar surface area (TPSA) is 66.4 Å². The Hall–Kier alpha value is -2.46.